The normalized spacial score (nSPS) is 20.6. The molecule has 0 amide bonds. The van der Waals surface area contributed by atoms with Crippen LogP contribution >= 0.6 is 0 Å². The third-order valence-electron chi connectivity index (χ3n) is 7.83. The minimum atomic E-state index is -1.38. The van der Waals surface area contributed by atoms with Crippen LogP contribution in [0.25, 0.3) is 66.4 Å². The van der Waals surface area contributed by atoms with E-state index >= 15 is 0 Å². The first-order valence-corrected chi connectivity index (χ1v) is 15.6. The molecule has 2 nitrogen and oxygen atoms in total. The molecule has 10 rings (SSSR count). The molecule has 0 atom stereocenters. The summed E-state index contributed by atoms with van der Waals surface area (Å²) in [4.78, 5) is 0.234. The van der Waals surface area contributed by atoms with Crippen molar-refractivity contribution in [3.8, 4) is 67.1 Å². The van der Waals surface area contributed by atoms with E-state index in [2.05, 4.69) is 0 Å². The molecular formula is C52H35NO. The summed E-state index contributed by atoms with van der Waals surface area (Å²) in [6.07, 6.45) is 0. The minimum Gasteiger partial charge on any atom is -0.456 e. The van der Waals surface area contributed by atoms with E-state index in [4.69, 9.17) is 30.8 Å². The second-order valence-electron chi connectivity index (χ2n) is 11.0. The molecule has 254 valence electrons. The van der Waals surface area contributed by atoms with Crippen LogP contribution in [0.15, 0.2) is 211 Å². The maximum Gasteiger partial charge on any atom is 0.135 e. The van der Waals surface area contributed by atoms with Crippen LogP contribution < -0.4 is 9.64 Å². The van der Waals surface area contributed by atoms with Crippen LogP contribution in [0.4, 0.5) is 17.1 Å². The number of ether oxygens (including phenoxy) is 1. The highest BCUT2D eigenvalue weighted by Gasteiger charge is 2.24. The molecule has 0 N–H and O–H groups in total. The minimum absolute atomic E-state index is 0.234. The second-order valence-corrected chi connectivity index (χ2v) is 11.0. The van der Waals surface area contributed by atoms with Crippen molar-refractivity contribution in [3.63, 3.8) is 0 Å². The number of hydrogen-bond donors (Lipinski definition) is 0. The molecule has 0 radical (unpaired) electrons. The Morgan fingerprint density at radius 2 is 0.741 bits per heavy atom. The maximum absolute atomic E-state index is 10.3. The van der Waals surface area contributed by atoms with E-state index < -0.39 is 306 Å². The smallest absolute Gasteiger partial charge is 0.135 e. The number of fused-ring (bicyclic) bond motifs is 6. The number of rotatable bonds is 6. The molecule has 1 heterocycles. The lowest BCUT2D eigenvalue weighted by atomic mass is 9.90. The van der Waals surface area contributed by atoms with E-state index in [1.807, 2.05) is 0 Å². The Balaban J connectivity index is 1.45. The number of benzene rings is 9. The van der Waals surface area contributed by atoms with E-state index in [0.29, 0.717) is 0 Å². The van der Waals surface area contributed by atoms with Gasteiger partial charge in [0.25, 0.3) is 0 Å². The van der Waals surface area contributed by atoms with Crippen LogP contribution in [0.3, 0.4) is 0 Å². The standard InChI is InChI=1S/C52H35NO/c1-4-12-36(13-5-1)39-20-25-44(26-21-39)53(45-27-22-40(23-28-45)37-14-6-2-7-15-37)46-29-31-51-50(35-46)47-30-24-43(38-16-8-3-9-17-38)32-48(47)49-33-41-18-10-11-19-42(41)34-52(49)54-51/h1-35H/i1D,2D,3D,4D,5D,6D,7D,8D,9D,10D,11D,12D,13D,14D,15D,16D,17D,18D,19D,20D,21D,22D,23D,24D,25D,26D,27D,28D,29D,30D,31D,32D,33D,34D,35D. The molecule has 0 bridgehead atoms. The fourth-order valence-electron chi connectivity index (χ4n) is 5.41. The third-order valence-corrected chi connectivity index (χ3v) is 7.83. The molecule has 1 aliphatic rings. The van der Waals surface area contributed by atoms with E-state index in [1.54, 1.807) is 0 Å². The molecule has 2 heteroatoms. The average molecular weight is 725 g/mol. The number of hydrogen-bond acceptors (Lipinski definition) is 2. The molecule has 0 aromatic heterocycles. The molecule has 0 fully saturated rings. The van der Waals surface area contributed by atoms with Gasteiger partial charge in [0, 0.05) is 28.2 Å². The van der Waals surface area contributed by atoms with Gasteiger partial charge in [-0.05, 0) is 116 Å². The molecule has 0 spiro atoms. The zero-order valence-electron chi connectivity index (χ0n) is 61.9. The molecule has 9 aromatic carbocycles. The Morgan fingerprint density at radius 3 is 1.31 bits per heavy atom. The van der Waals surface area contributed by atoms with Crippen molar-refractivity contribution < 1.29 is 52.7 Å². The lowest BCUT2D eigenvalue weighted by Crippen LogP contribution is -2.10. The number of nitrogens with zero attached hydrogens (tertiary/aromatic N) is 1. The van der Waals surface area contributed by atoms with Gasteiger partial charge in [-0.1, -0.05) is 151 Å². The van der Waals surface area contributed by atoms with Gasteiger partial charge in [-0.15, -0.1) is 0 Å². The Morgan fingerprint density at radius 1 is 0.296 bits per heavy atom. The van der Waals surface area contributed by atoms with Gasteiger partial charge in [0.1, 0.15) is 11.5 Å². The first kappa shape index (κ1) is 11.9. The molecule has 1 aliphatic heterocycles. The quantitative estimate of drug-likeness (QED) is 0.169. The van der Waals surface area contributed by atoms with Crippen molar-refractivity contribution in [2.75, 3.05) is 4.90 Å². The van der Waals surface area contributed by atoms with Gasteiger partial charge >= 0.3 is 0 Å². The highest BCUT2D eigenvalue weighted by Crippen LogP contribution is 2.51. The van der Waals surface area contributed by atoms with E-state index in [-0.39, 0.29) is 4.90 Å². The summed E-state index contributed by atoms with van der Waals surface area (Å²) in [6.45, 7) is 0. The zero-order chi connectivity index (χ0) is 66.3. The Kier molecular flexibility index (Phi) is 2.97. The summed E-state index contributed by atoms with van der Waals surface area (Å²) < 4.78 is 323. The van der Waals surface area contributed by atoms with Crippen molar-refractivity contribution in [2.24, 2.45) is 0 Å². The molecule has 0 aliphatic carbocycles. The van der Waals surface area contributed by atoms with E-state index in [1.165, 1.54) is 0 Å². The Bertz CT molecular complexity index is 4540. The van der Waals surface area contributed by atoms with E-state index in [9.17, 15) is 21.9 Å². The summed E-state index contributed by atoms with van der Waals surface area (Å²) in [5.74, 6) is -2.10. The molecule has 54 heavy (non-hydrogen) atoms. The highest BCUT2D eigenvalue weighted by molar-refractivity contribution is 5.99. The number of anilines is 3. The predicted molar refractivity (Wildman–Crippen MR) is 226 cm³/mol. The van der Waals surface area contributed by atoms with Gasteiger partial charge in [0.15, 0.2) is 0 Å². The van der Waals surface area contributed by atoms with Crippen molar-refractivity contribution in [3.05, 3.63) is 211 Å². The summed E-state index contributed by atoms with van der Waals surface area (Å²) in [6, 6.07) is -38.9. The SMILES string of the molecule is [2H]c1c([2H])c([2H])c(-c2c([2H])c([2H])c(N(c3c([2H])c([2H])c(-c4c([2H])c([2H])c([2H])c([2H])c4[2H])c([2H])c3[2H])c3c([2H])c([2H])c4c(c3[2H])-c3c([2H])c([2H])c(-c5c([2H])c([2H])c([2H])c([2H])c5[2H])c([2H])c3-c3c(c([2H])c5c([2H])c([2H])c([2H])c([2H])c5c3[2H])O4)c([2H])c2[2H])c([2H])c1[2H]. The van der Waals surface area contributed by atoms with Crippen LogP contribution in [-0.2, 0) is 0 Å². The van der Waals surface area contributed by atoms with Gasteiger partial charge < -0.3 is 9.64 Å². The zero-order valence-corrected chi connectivity index (χ0v) is 26.9. The van der Waals surface area contributed by atoms with Crippen molar-refractivity contribution in [1.82, 2.24) is 0 Å². The lowest BCUT2D eigenvalue weighted by Gasteiger charge is -2.27. The molecule has 0 saturated heterocycles. The van der Waals surface area contributed by atoms with Gasteiger partial charge in [-0.2, -0.15) is 0 Å². The van der Waals surface area contributed by atoms with Crippen LogP contribution in [-0.4, -0.2) is 0 Å². The van der Waals surface area contributed by atoms with Crippen LogP contribution in [0.1, 0.15) is 48.0 Å². The fourth-order valence-corrected chi connectivity index (χ4v) is 5.41. The molecule has 0 saturated carbocycles. The predicted octanol–water partition coefficient (Wildman–Crippen LogP) is 14.8. The monoisotopic (exact) mass is 724 g/mol. The van der Waals surface area contributed by atoms with Gasteiger partial charge in [0.05, 0.1) is 48.0 Å². The summed E-state index contributed by atoms with van der Waals surface area (Å²) in [7, 11) is 0. The summed E-state index contributed by atoms with van der Waals surface area (Å²) in [5.41, 5.74) is -13.2. The first-order chi connectivity index (χ1) is 41.4. The van der Waals surface area contributed by atoms with Crippen molar-refractivity contribution in [2.45, 2.75) is 0 Å². The lowest BCUT2D eigenvalue weighted by molar-refractivity contribution is 0.488. The van der Waals surface area contributed by atoms with Crippen molar-refractivity contribution >= 4 is 27.8 Å². The maximum atomic E-state index is 10.3. The van der Waals surface area contributed by atoms with Gasteiger partial charge in [0.2, 0.25) is 0 Å². The Labute approximate surface area is 365 Å². The van der Waals surface area contributed by atoms with Gasteiger partial charge in [-0.25, -0.2) is 0 Å². The third kappa shape index (κ3) is 5.81. The summed E-state index contributed by atoms with van der Waals surface area (Å²) in [5, 5.41) is -1.45. The average Bonchev–Trinajstić information content (AvgIpc) is 1.71. The van der Waals surface area contributed by atoms with Crippen LogP contribution in [0.5, 0.6) is 11.5 Å². The highest BCUT2D eigenvalue weighted by atomic mass is 16.5. The topological polar surface area (TPSA) is 12.5 Å². The van der Waals surface area contributed by atoms with Crippen LogP contribution in [0.2, 0.25) is 0 Å². The largest absolute Gasteiger partial charge is 0.456 e. The summed E-state index contributed by atoms with van der Waals surface area (Å²) >= 11 is 0. The van der Waals surface area contributed by atoms with E-state index in [0.717, 1.165) is 0 Å². The second kappa shape index (κ2) is 13.4. The van der Waals surface area contributed by atoms with Gasteiger partial charge in [-0.3, -0.25) is 0 Å². The van der Waals surface area contributed by atoms with Crippen LogP contribution in [0, 0.1) is 0 Å². The molecular weight excluding hydrogens is 655 g/mol. The molecule has 0 unspecified atom stereocenters. The molecule has 9 aromatic rings. The van der Waals surface area contributed by atoms with Crippen molar-refractivity contribution in [1.29, 1.82) is 0 Å². The Hall–Kier alpha value is -7.16. The fraction of sp³-hybridized carbons (Fsp3) is 0. The first-order valence-electron chi connectivity index (χ1n) is 33.1.